The Labute approximate surface area is 101 Å². The first-order valence-electron chi connectivity index (χ1n) is 5.81. The van der Waals surface area contributed by atoms with Gasteiger partial charge in [-0.15, -0.1) is 0 Å². The van der Waals surface area contributed by atoms with E-state index >= 15 is 0 Å². The maximum Gasteiger partial charge on any atom is 0.160 e. The third-order valence-electron chi connectivity index (χ3n) is 3.08. The van der Waals surface area contributed by atoms with Gasteiger partial charge in [-0.25, -0.2) is 0 Å². The maximum absolute atomic E-state index is 9.76. The molecule has 1 aromatic carbocycles. The molecule has 2 N–H and O–H groups in total. The summed E-state index contributed by atoms with van der Waals surface area (Å²) in [5.74, 6) is -0.264. The van der Waals surface area contributed by atoms with E-state index in [4.69, 9.17) is 9.47 Å². The van der Waals surface area contributed by atoms with Crippen LogP contribution in [0.5, 0.6) is 0 Å². The van der Waals surface area contributed by atoms with Gasteiger partial charge < -0.3 is 19.7 Å². The van der Waals surface area contributed by atoms with E-state index in [-0.39, 0.29) is 12.5 Å². The molecule has 1 heterocycles. The zero-order chi connectivity index (χ0) is 12.3. The van der Waals surface area contributed by atoms with Gasteiger partial charge in [0.25, 0.3) is 0 Å². The SMILES string of the molecule is C[C@H]1[C@H](O)[C@@H](COCc2ccccc2)O[C@@H]1O. The fraction of sp³-hybridized carbons (Fsp3) is 0.538. The molecule has 0 radical (unpaired) electrons. The summed E-state index contributed by atoms with van der Waals surface area (Å²) in [5.41, 5.74) is 1.08. The van der Waals surface area contributed by atoms with Crippen molar-refractivity contribution in [3.63, 3.8) is 0 Å². The van der Waals surface area contributed by atoms with Gasteiger partial charge in [-0.05, 0) is 5.56 Å². The Morgan fingerprint density at radius 1 is 1.24 bits per heavy atom. The molecular formula is C13H18O4. The number of hydrogen-bond donors (Lipinski definition) is 2. The molecule has 1 aromatic rings. The van der Waals surface area contributed by atoms with E-state index < -0.39 is 18.5 Å². The van der Waals surface area contributed by atoms with Crippen LogP contribution in [0.1, 0.15) is 12.5 Å². The highest BCUT2D eigenvalue weighted by molar-refractivity contribution is 5.13. The fourth-order valence-electron chi connectivity index (χ4n) is 1.90. The standard InChI is InChI=1S/C13H18O4/c1-9-12(14)11(17-13(9)15)8-16-7-10-5-3-2-4-6-10/h2-6,9,11-15H,7-8H2,1H3/t9-,11+,12-,13-/m0/s1. The fourth-order valence-corrected chi connectivity index (χ4v) is 1.90. The largest absolute Gasteiger partial charge is 0.390 e. The number of rotatable bonds is 4. The van der Waals surface area contributed by atoms with Gasteiger partial charge in [0, 0.05) is 5.92 Å². The summed E-state index contributed by atoms with van der Waals surface area (Å²) in [7, 11) is 0. The van der Waals surface area contributed by atoms with Gasteiger partial charge in [0.1, 0.15) is 6.10 Å². The first-order valence-corrected chi connectivity index (χ1v) is 5.81. The highest BCUT2D eigenvalue weighted by Crippen LogP contribution is 2.25. The summed E-state index contributed by atoms with van der Waals surface area (Å²) >= 11 is 0. The summed E-state index contributed by atoms with van der Waals surface area (Å²) in [6.07, 6.45) is -2.00. The van der Waals surface area contributed by atoms with E-state index in [9.17, 15) is 10.2 Å². The maximum atomic E-state index is 9.76. The van der Waals surface area contributed by atoms with E-state index in [1.165, 1.54) is 0 Å². The molecule has 17 heavy (non-hydrogen) atoms. The number of aliphatic hydroxyl groups is 2. The van der Waals surface area contributed by atoms with E-state index in [1.807, 2.05) is 30.3 Å². The molecule has 4 nitrogen and oxygen atoms in total. The lowest BCUT2D eigenvalue weighted by Crippen LogP contribution is -2.29. The summed E-state index contributed by atoms with van der Waals surface area (Å²) in [6.45, 7) is 2.53. The van der Waals surface area contributed by atoms with Crippen molar-refractivity contribution in [3.05, 3.63) is 35.9 Å². The third kappa shape index (κ3) is 3.04. The lowest BCUT2D eigenvalue weighted by Gasteiger charge is -2.14. The van der Waals surface area contributed by atoms with Crippen LogP contribution in [-0.2, 0) is 16.1 Å². The van der Waals surface area contributed by atoms with Crippen molar-refractivity contribution < 1.29 is 19.7 Å². The summed E-state index contributed by atoms with van der Waals surface area (Å²) in [4.78, 5) is 0. The molecule has 4 atom stereocenters. The van der Waals surface area contributed by atoms with Gasteiger partial charge in [0.05, 0.1) is 19.3 Å². The van der Waals surface area contributed by atoms with Gasteiger partial charge in [-0.2, -0.15) is 0 Å². The molecule has 1 aliphatic rings. The molecular weight excluding hydrogens is 220 g/mol. The van der Waals surface area contributed by atoms with E-state index in [1.54, 1.807) is 6.92 Å². The van der Waals surface area contributed by atoms with Crippen molar-refractivity contribution in [2.75, 3.05) is 6.61 Å². The number of aliphatic hydroxyl groups excluding tert-OH is 2. The van der Waals surface area contributed by atoms with E-state index in [0.29, 0.717) is 6.61 Å². The molecule has 94 valence electrons. The topological polar surface area (TPSA) is 58.9 Å². The molecule has 1 saturated heterocycles. The van der Waals surface area contributed by atoms with Crippen LogP contribution in [0.4, 0.5) is 0 Å². The molecule has 1 aliphatic heterocycles. The zero-order valence-electron chi connectivity index (χ0n) is 9.82. The van der Waals surface area contributed by atoms with Crippen molar-refractivity contribution >= 4 is 0 Å². The van der Waals surface area contributed by atoms with Crippen LogP contribution >= 0.6 is 0 Å². The monoisotopic (exact) mass is 238 g/mol. The zero-order valence-corrected chi connectivity index (χ0v) is 9.82. The molecule has 4 heteroatoms. The third-order valence-corrected chi connectivity index (χ3v) is 3.08. The first kappa shape index (κ1) is 12.5. The number of hydrogen-bond acceptors (Lipinski definition) is 4. The van der Waals surface area contributed by atoms with Crippen LogP contribution in [0.2, 0.25) is 0 Å². The second kappa shape index (κ2) is 5.60. The van der Waals surface area contributed by atoms with E-state index in [2.05, 4.69) is 0 Å². The number of benzene rings is 1. The lowest BCUT2D eigenvalue weighted by molar-refractivity contribution is -0.124. The average Bonchev–Trinajstić information content (AvgIpc) is 2.59. The van der Waals surface area contributed by atoms with Gasteiger partial charge in [-0.3, -0.25) is 0 Å². The smallest absolute Gasteiger partial charge is 0.160 e. The van der Waals surface area contributed by atoms with Crippen LogP contribution in [0, 0.1) is 5.92 Å². The number of ether oxygens (including phenoxy) is 2. The van der Waals surface area contributed by atoms with Crippen LogP contribution in [0.25, 0.3) is 0 Å². The molecule has 0 saturated carbocycles. The Bertz CT molecular complexity index is 341. The Balaban J connectivity index is 1.76. The van der Waals surface area contributed by atoms with Crippen LogP contribution in [0.15, 0.2) is 30.3 Å². The molecule has 0 aliphatic carbocycles. The van der Waals surface area contributed by atoms with Crippen molar-refractivity contribution in [2.24, 2.45) is 5.92 Å². The van der Waals surface area contributed by atoms with E-state index in [0.717, 1.165) is 5.56 Å². The summed E-state index contributed by atoms with van der Waals surface area (Å²) in [6, 6.07) is 9.80. The minimum Gasteiger partial charge on any atom is -0.390 e. The lowest BCUT2D eigenvalue weighted by atomic mass is 10.0. The first-order chi connectivity index (χ1) is 8.18. The van der Waals surface area contributed by atoms with Crippen LogP contribution in [-0.4, -0.2) is 35.3 Å². The molecule has 0 unspecified atom stereocenters. The predicted octanol–water partition coefficient (Wildman–Crippen LogP) is 0.917. The molecule has 0 bridgehead atoms. The predicted molar refractivity (Wildman–Crippen MR) is 62.1 cm³/mol. The molecule has 2 rings (SSSR count). The van der Waals surface area contributed by atoms with Crippen molar-refractivity contribution in [3.8, 4) is 0 Å². The average molecular weight is 238 g/mol. The Hall–Kier alpha value is -0.940. The minimum atomic E-state index is -0.893. The molecule has 1 fully saturated rings. The normalized spacial score (nSPS) is 32.9. The Morgan fingerprint density at radius 3 is 2.53 bits per heavy atom. The van der Waals surface area contributed by atoms with Crippen molar-refractivity contribution in [2.45, 2.75) is 32.0 Å². The molecule has 0 amide bonds. The molecule has 0 spiro atoms. The Morgan fingerprint density at radius 2 is 1.94 bits per heavy atom. The van der Waals surface area contributed by atoms with Crippen molar-refractivity contribution in [1.29, 1.82) is 0 Å². The quantitative estimate of drug-likeness (QED) is 0.819. The van der Waals surface area contributed by atoms with Gasteiger partial charge >= 0.3 is 0 Å². The Kier molecular flexibility index (Phi) is 4.12. The minimum absolute atomic E-state index is 0.264. The molecule has 0 aromatic heterocycles. The van der Waals surface area contributed by atoms with Crippen molar-refractivity contribution in [1.82, 2.24) is 0 Å². The van der Waals surface area contributed by atoms with Gasteiger partial charge in [0.15, 0.2) is 6.29 Å². The summed E-state index contributed by atoms with van der Waals surface area (Å²) in [5, 5.41) is 19.2. The second-order valence-electron chi connectivity index (χ2n) is 4.42. The summed E-state index contributed by atoms with van der Waals surface area (Å²) < 4.78 is 10.7. The van der Waals surface area contributed by atoms with Gasteiger partial charge in [-0.1, -0.05) is 37.3 Å². The van der Waals surface area contributed by atoms with Crippen LogP contribution in [0.3, 0.4) is 0 Å². The second-order valence-corrected chi connectivity index (χ2v) is 4.42. The van der Waals surface area contributed by atoms with Gasteiger partial charge in [0.2, 0.25) is 0 Å². The highest BCUT2D eigenvalue weighted by Gasteiger charge is 2.39. The van der Waals surface area contributed by atoms with Crippen LogP contribution < -0.4 is 0 Å². The highest BCUT2D eigenvalue weighted by atomic mass is 16.6.